The number of anilines is 1. The van der Waals surface area contributed by atoms with Gasteiger partial charge in [0.05, 0.1) is 16.1 Å². The molecule has 2 aromatic carbocycles. The molecule has 166 valence electrons. The highest BCUT2D eigenvalue weighted by atomic mass is 32.2. The van der Waals surface area contributed by atoms with Crippen molar-refractivity contribution in [2.24, 2.45) is 11.8 Å². The summed E-state index contributed by atoms with van der Waals surface area (Å²) in [5.74, 6) is 1.41. The van der Waals surface area contributed by atoms with E-state index < -0.39 is 10.0 Å². The minimum atomic E-state index is -3.76. The Labute approximate surface area is 188 Å². The number of hydrogen-bond acceptors (Lipinski definition) is 5. The second-order valence-electron chi connectivity index (χ2n) is 8.44. The van der Waals surface area contributed by atoms with Crippen LogP contribution in [0.15, 0.2) is 51.8 Å². The van der Waals surface area contributed by atoms with E-state index in [1.54, 1.807) is 12.1 Å². The zero-order valence-corrected chi connectivity index (χ0v) is 19.3. The molecular weight excluding hydrogens is 430 g/mol. The van der Waals surface area contributed by atoms with Crippen molar-refractivity contribution in [2.45, 2.75) is 50.5 Å². The predicted octanol–water partition coefficient (Wildman–Crippen LogP) is 5.60. The SMILES string of the molecule is CC(CNCc1ccccc1NS(=O)(=O)c1ccc2[nH]c(=S)oc2c1)C1CCCCC1. The van der Waals surface area contributed by atoms with Gasteiger partial charge in [0.25, 0.3) is 14.9 Å². The average Bonchev–Trinajstić information content (AvgIpc) is 3.14. The van der Waals surface area contributed by atoms with E-state index >= 15 is 0 Å². The zero-order chi connectivity index (χ0) is 21.8. The summed E-state index contributed by atoms with van der Waals surface area (Å²) in [7, 11) is -3.76. The van der Waals surface area contributed by atoms with Gasteiger partial charge in [0.1, 0.15) is 0 Å². The zero-order valence-electron chi connectivity index (χ0n) is 17.7. The summed E-state index contributed by atoms with van der Waals surface area (Å²) in [6, 6.07) is 12.2. The Hall–Kier alpha value is -2.16. The number of sulfonamides is 1. The van der Waals surface area contributed by atoms with Gasteiger partial charge in [0.2, 0.25) is 0 Å². The molecule has 0 amide bonds. The smallest absolute Gasteiger partial charge is 0.266 e. The Morgan fingerprint density at radius 3 is 2.74 bits per heavy atom. The molecule has 1 heterocycles. The minimum Gasteiger partial charge on any atom is -0.429 e. The summed E-state index contributed by atoms with van der Waals surface area (Å²) < 4.78 is 34.1. The van der Waals surface area contributed by atoms with E-state index in [2.05, 4.69) is 21.9 Å². The molecule has 1 fully saturated rings. The lowest BCUT2D eigenvalue weighted by Gasteiger charge is -2.28. The number of oxazole rings is 1. The summed E-state index contributed by atoms with van der Waals surface area (Å²) in [4.78, 5) is 3.23. The third-order valence-corrected chi connectivity index (χ3v) is 7.75. The first kappa shape index (κ1) is 22.0. The monoisotopic (exact) mass is 459 g/mol. The quantitative estimate of drug-likeness (QED) is 0.382. The van der Waals surface area contributed by atoms with E-state index in [4.69, 9.17) is 16.6 Å². The van der Waals surface area contributed by atoms with Crippen molar-refractivity contribution in [1.29, 1.82) is 0 Å². The molecule has 31 heavy (non-hydrogen) atoms. The fourth-order valence-corrected chi connectivity index (χ4v) is 5.69. The van der Waals surface area contributed by atoms with Crippen LogP contribution in [0.4, 0.5) is 5.69 Å². The Morgan fingerprint density at radius 2 is 1.94 bits per heavy atom. The first-order valence-corrected chi connectivity index (χ1v) is 12.8. The lowest BCUT2D eigenvalue weighted by atomic mass is 9.81. The van der Waals surface area contributed by atoms with Crippen molar-refractivity contribution < 1.29 is 12.8 Å². The molecule has 4 rings (SSSR count). The molecule has 0 radical (unpaired) electrons. The maximum Gasteiger partial charge on any atom is 0.266 e. The average molecular weight is 460 g/mol. The third kappa shape index (κ3) is 5.37. The van der Waals surface area contributed by atoms with E-state index in [0.717, 1.165) is 18.0 Å². The molecule has 0 saturated heterocycles. The maximum absolute atomic E-state index is 13.0. The molecule has 1 aliphatic rings. The predicted molar refractivity (Wildman–Crippen MR) is 126 cm³/mol. The van der Waals surface area contributed by atoms with Crippen LogP contribution in [0, 0.1) is 16.7 Å². The summed E-state index contributed by atoms with van der Waals surface area (Å²) in [5.41, 5.74) is 2.58. The first-order valence-electron chi connectivity index (χ1n) is 10.9. The first-order chi connectivity index (χ1) is 14.9. The van der Waals surface area contributed by atoms with Gasteiger partial charge in [-0.3, -0.25) is 4.72 Å². The number of aromatic amines is 1. The van der Waals surface area contributed by atoms with Crippen LogP contribution in [-0.2, 0) is 16.6 Å². The Balaban J connectivity index is 1.44. The maximum atomic E-state index is 13.0. The summed E-state index contributed by atoms with van der Waals surface area (Å²) in [6.45, 7) is 3.86. The van der Waals surface area contributed by atoms with Crippen LogP contribution in [0.1, 0.15) is 44.6 Å². The van der Waals surface area contributed by atoms with Gasteiger partial charge in [-0.15, -0.1) is 0 Å². The largest absolute Gasteiger partial charge is 0.429 e. The number of nitrogens with one attached hydrogen (secondary N) is 3. The highest BCUT2D eigenvalue weighted by Gasteiger charge is 2.20. The topological polar surface area (TPSA) is 87.1 Å². The Bertz CT molecular complexity index is 1190. The van der Waals surface area contributed by atoms with Crippen molar-refractivity contribution in [3.8, 4) is 0 Å². The van der Waals surface area contributed by atoms with Crippen molar-refractivity contribution in [1.82, 2.24) is 10.3 Å². The van der Waals surface area contributed by atoms with Gasteiger partial charge in [-0.1, -0.05) is 57.2 Å². The van der Waals surface area contributed by atoms with E-state index in [9.17, 15) is 8.42 Å². The van der Waals surface area contributed by atoms with Crippen molar-refractivity contribution in [3.05, 3.63) is 52.9 Å². The van der Waals surface area contributed by atoms with E-state index in [1.165, 1.54) is 44.2 Å². The number of aromatic nitrogens is 1. The Morgan fingerprint density at radius 1 is 1.16 bits per heavy atom. The van der Waals surface area contributed by atoms with Crippen LogP contribution in [0.2, 0.25) is 0 Å². The molecule has 3 aromatic rings. The van der Waals surface area contributed by atoms with Gasteiger partial charge in [0.15, 0.2) is 5.58 Å². The van der Waals surface area contributed by atoms with Crippen LogP contribution >= 0.6 is 12.2 Å². The fraction of sp³-hybridized carbons (Fsp3) is 0.435. The highest BCUT2D eigenvalue weighted by molar-refractivity contribution is 7.92. The summed E-state index contributed by atoms with van der Waals surface area (Å²) >= 11 is 4.98. The number of rotatable bonds is 8. The molecular formula is C23H29N3O3S2. The van der Waals surface area contributed by atoms with E-state index in [1.807, 2.05) is 18.2 Å². The normalized spacial score (nSPS) is 16.4. The molecule has 0 aliphatic heterocycles. The number of fused-ring (bicyclic) bond motifs is 1. The van der Waals surface area contributed by atoms with E-state index in [-0.39, 0.29) is 9.73 Å². The molecule has 0 bridgehead atoms. The summed E-state index contributed by atoms with van der Waals surface area (Å²) in [6.07, 6.45) is 6.70. The molecule has 1 aliphatic carbocycles. The summed E-state index contributed by atoms with van der Waals surface area (Å²) in [5, 5.41) is 3.53. The third-order valence-electron chi connectivity index (χ3n) is 6.20. The number of hydrogen-bond donors (Lipinski definition) is 3. The molecule has 8 heteroatoms. The standard InChI is InChI=1S/C23H29N3O3S2/c1-16(17-7-3-2-4-8-17)14-24-15-18-9-5-6-10-20(18)26-31(27,28)19-11-12-21-22(13-19)29-23(30)25-21/h5-6,9-13,16-17,24,26H,2-4,7-8,14-15H2,1H3,(H,25,30). The van der Waals surface area contributed by atoms with Crippen molar-refractivity contribution >= 4 is 39.0 Å². The molecule has 1 saturated carbocycles. The molecule has 1 unspecified atom stereocenters. The lowest BCUT2D eigenvalue weighted by Crippen LogP contribution is -2.27. The van der Waals surface area contributed by atoms with Crippen LogP contribution in [0.3, 0.4) is 0 Å². The Kier molecular flexibility index (Phi) is 6.79. The second kappa shape index (κ2) is 9.54. The highest BCUT2D eigenvalue weighted by Crippen LogP contribution is 2.29. The van der Waals surface area contributed by atoms with Crippen LogP contribution in [-0.4, -0.2) is 19.9 Å². The van der Waals surface area contributed by atoms with Gasteiger partial charge in [-0.25, -0.2) is 8.42 Å². The number of H-pyrrole nitrogens is 1. The molecule has 1 atom stereocenters. The molecule has 0 spiro atoms. The number of para-hydroxylation sites is 1. The fourth-order valence-electron chi connectivity index (χ4n) is 4.37. The molecule has 6 nitrogen and oxygen atoms in total. The van der Waals surface area contributed by atoms with E-state index in [0.29, 0.717) is 29.2 Å². The molecule has 1 aromatic heterocycles. The second-order valence-corrected chi connectivity index (χ2v) is 10.5. The molecule has 3 N–H and O–H groups in total. The van der Waals surface area contributed by atoms with Gasteiger partial charge in [0, 0.05) is 12.6 Å². The van der Waals surface area contributed by atoms with Crippen molar-refractivity contribution in [3.63, 3.8) is 0 Å². The lowest BCUT2D eigenvalue weighted by molar-refractivity contribution is 0.256. The van der Waals surface area contributed by atoms with Gasteiger partial charge in [-0.05, 0) is 54.4 Å². The van der Waals surface area contributed by atoms with Gasteiger partial charge in [-0.2, -0.15) is 0 Å². The van der Waals surface area contributed by atoms with Crippen LogP contribution < -0.4 is 10.0 Å². The van der Waals surface area contributed by atoms with Crippen LogP contribution in [0.25, 0.3) is 11.1 Å². The van der Waals surface area contributed by atoms with Gasteiger partial charge < -0.3 is 14.7 Å². The van der Waals surface area contributed by atoms with Gasteiger partial charge >= 0.3 is 0 Å². The number of benzene rings is 2. The minimum absolute atomic E-state index is 0.131. The van der Waals surface area contributed by atoms with Crippen LogP contribution in [0.5, 0.6) is 0 Å². The van der Waals surface area contributed by atoms with Crippen molar-refractivity contribution in [2.75, 3.05) is 11.3 Å².